The molecule has 0 radical (unpaired) electrons. The molecule has 0 saturated carbocycles. The number of carbonyl (C=O) groups excluding carboxylic acids is 1. The first-order valence-electron chi connectivity index (χ1n) is 11.2. The molecule has 1 aliphatic rings. The summed E-state index contributed by atoms with van der Waals surface area (Å²) < 4.78 is 3.42. The van der Waals surface area contributed by atoms with Gasteiger partial charge in [-0.2, -0.15) is 0 Å². The predicted molar refractivity (Wildman–Crippen MR) is 131 cm³/mol. The Bertz CT molecular complexity index is 1390. The van der Waals surface area contributed by atoms with Crippen LogP contribution in [0, 0.1) is 0 Å². The van der Waals surface area contributed by atoms with Crippen molar-refractivity contribution in [2.75, 3.05) is 12.3 Å². The Morgan fingerprint density at radius 3 is 2.67 bits per heavy atom. The van der Waals surface area contributed by atoms with Crippen LogP contribution in [0.3, 0.4) is 0 Å². The number of thioether (sulfide) groups is 1. The van der Waals surface area contributed by atoms with Crippen LogP contribution < -0.4 is 10.9 Å². The first-order chi connectivity index (χ1) is 16.2. The van der Waals surface area contributed by atoms with Crippen LogP contribution in [0.2, 0.25) is 0 Å². The highest BCUT2D eigenvalue weighted by Gasteiger charge is 2.18. The highest BCUT2D eigenvalue weighted by molar-refractivity contribution is 7.99. The first kappa shape index (κ1) is 21.5. The van der Waals surface area contributed by atoms with Crippen molar-refractivity contribution in [3.8, 4) is 5.69 Å². The van der Waals surface area contributed by atoms with Crippen LogP contribution in [-0.2, 0) is 4.79 Å². The molecule has 1 N–H and O–H groups in total. The van der Waals surface area contributed by atoms with Crippen molar-refractivity contribution in [3.63, 3.8) is 0 Å². The normalized spacial score (nSPS) is 13.9. The highest BCUT2D eigenvalue weighted by Crippen LogP contribution is 2.23. The van der Waals surface area contributed by atoms with Crippen LogP contribution >= 0.6 is 11.8 Å². The smallest absolute Gasteiger partial charge is 0.267 e. The number of amides is 1. The average molecular weight is 460 g/mol. The summed E-state index contributed by atoms with van der Waals surface area (Å²) in [5.41, 5.74) is 2.74. The van der Waals surface area contributed by atoms with Gasteiger partial charge in [-0.1, -0.05) is 53.7 Å². The van der Waals surface area contributed by atoms with Gasteiger partial charge < -0.3 is 5.32 Å². The van der Waals surface area contributed by atoms with E-state index >= 15 is 0 Å². The van der Waals surface area contributed by atoms with Gasteiger partial charge in [0.1, 0.15) is 0 Å². The fraction of sp³-hybridized carbons (Fsp3) is 0.280. The van der Waals surface area contributed by atoms with E-state index in [-0.39, 0.29) is 17.2 Å². The topological polar surface area (TPSA) is 81.3 Å². The summed E-state index contributed by atoms with van der Waals surface area (Å²) in [6, 6.07) is 16.8. The van der Waals surface area contributed by atoms with Crippen molar-refractivity contribution < 1.29 is 4.79 Å². The molecule has 2 heterocycles. The van der Waals surface area contributed by atoms with Gasteiger partial charge in [-0.25, -0.2) is 4.57 Å². The lowest BCUT2D eigenvalue weighted by atomic mass is 9.97. The Balaban J connectivity index is 1.40. The molecule has 0 saturated heterocycles. The second-order valence-corrected chi connectivity index (χ2v) is 9.05. The fourth-order valence-corrected chi connectivity index (χ4v) is 5.03. The van der Waals surface area contributed by atoms with Gasteiger partial charge >= 0.3 is 0 Å². The van der Waals surface area contributed by atoms with Crippen LogP contribution in [0.15, 0.2) is 76.2 Å². The Labute approximate surface area is 195 Å². The molecule has 0 bridgehead atoms. The van der Waals surface area contributed by atoms with Crippen LogP contribution in [0.4, 0.5) is 0 Å². The molecule has 5 rings (SSSR count). The Hall–Kier alpha value is -3.39. The molecule has 1 amide bonds. The molecule has 0 fully saturated rings. The van der Waals surface area contributed by atoms with Crippen molar-refractivity contribution in [2.45, 2.75) is 37.3 Å². The van der Waals surface area contributed by atoms with Gasteiger partial charge in [-0.3, -0.25) is 14.0 Å². The van der Waals surface area contributed by atoms with Crippen molar-refractivity contribution in [2.24, 2.45) is 0 Å². The molecular formula is C25H25N5O2S. The number of nitrogens with one attached hydrogen (secondary N) is 1. The average Bonchev–Trinajstić information content (AvgIpc) is 3.28. The number of carbonyl (C=O) groups is 1. The van der Waals surface area contributed by atoms with E-state index in [0.29, 0.717) is 22.9 Å². The highest BCUT2D eigenvalue weighted by atomic mass is 32.2. The molecule has 0 unspecified atom stereocenters. The van der Waals surface area contributed by atoms with E-state index in [0.717, 1.165) is 30.5 Å². The van der Waals surface area contributed by atoms with E-state index in [4.69, 9.17) is 0 Å². The van der Waals surface area contributed by atoms with Gasteiger partial charge in [-0.15, -0.1) is 10.2 Å². The maximum absolute atomic E-state index is 13.3. The summed E-state index contributed by atoms with van der Waals surface area (Å²) in [4.78, 5) is 25.7. The largest absolute Gasteiger partial charge is 0.355 e. The van der Waals surface area contributed by atoms with E-state index in [2.05, 4.69) is 21.6 Å². The summed E-state index contributed by atoms with van der Waals surface area (Å²) in [6.45, 7) is 0.655. The summed E-state index contributed by atoms with van der Waals surface area (Å²) in [7, 11) is 0. The molecular weight excluding hydrogens is 434 g/mol. The number of nitrogens with zero attached hydrogens (tertiary/aromatic N) is 4. The fourth-order valence-electron chi connectivity index (χ4n) is 4.26. The summed E-state index contributed by atoms with van der Waals surface area (Å²) in [6.07, 6.45) is 8.04. The van der Waals surface area contributed by atoms with Crippen LogP contribution in [0.5, 0.6) is 0 Å². The number of hydrogen-bond donors (Lipinski definition) is 1. The second kappa shape index (κ2) is 9.62. The minimum atomic E-state index is -0.150. The van der Waals surface area contributed by atoms with E-state index in [1.165, 1.54) is 30.2 Å². The number of hydrogen-bond acceptors (Lipinski definition) is 5. The molecule has 0 spiro atoms. The molecule has 2 aromatic carbocycles. The maximum atomic E-state index is 13.3. The first-order valence-corrected chi connectivity index (χ1v) is 12.2. The molecule has 2 aromatic heterocycles. The monoisotopic (exact) mass is 459 g/mol. The van der Waals surface area contributed by atoms with Crippen LogP contribution in [-0.4, -0.2) is 37.4 Å². The third kappa shape index (κ3) is 4.43. The van der Waals surface area contributed by atoms with Gasteiger partial charge in [-0.05, 0) is 56.4 Å². The molecule has 7 nitrogen and oxygen atoms in total. The SMILES string of the molecule is O=C(CSc1nnc2n(-c3ccccc3)c(=O)c3ccccc3n12)NCCC1=CCCCC1. The summed E-state index contributed by atoms with van der Waals surface area (Å²) in [5.74, 6) is 0.629. The number of para-hydroxylation sites is 2. The van der Waals surface area contributed by atoms with Gasteiger partial charge in [0.05, 0.1) is 22.3 Å². The quantitative estimate of drug-likeness (QED) is 0.332. The van der Waals surface area contributed by atoms with Crippen molar-refractivity contribution in [3.05, 3.63) is 76.6 Å². The number of rotatable bonds is 7. The number of aromatic nitrogens is 4. The molecule has 4 aromatic rings. The maximum Gasteiger partial charge on any atom is 0.267 e. The van der Waals surface area contributed by atoms with Crippen LogP contribution in [0.25, 0.3) is 22.4 Å². The lowest BCUT2D eigenvalue weighted by Gasteiger charge is -2.13. The minimum absolute atomic E-state index is 0.0335. The van der Waals surface area contributed by atoms with Crippen molar-refractivity contribution >= 4 is 34.3 Å². The number of benzene rings is 2. The van der Waals surface area contributed by atoms with E-state index in [1.807, 2.05) is 52.9 Å². The van der Waals surface area contributed by atoms with E-state index in [9.17, 15) is 9.59 Å². The van der Waals surface area contributed by atoms with Gasteiger partial charge in [0.25, 0.3) is 5.56 Å². The molecule has 33 heavy (non-hydrogen) atoms. The zero-order chi connectivity index (χ0) is 22.6. The summed E-state index contributed by atoms with van der Waals surface area (Å²) in [5, 5.41) is 12.8. The van der Waals surface area contributed by atoms with Crippen LogP contribution in [0.1, 0.15) is 32.1 Å². The molecule has 1 aliphatic carbocycles. The van der Waals surface area contributed by atoms with Gasteiger partial charge in [0.15, 0.2) is 5.16 Å². The van der Waals surface area contributed by atoms with E-state index < -0.39 is 0 Å². The van der Waals surface area contributed by atoms with Crippen molar-refractivity contribution in [1.82, 2.24) is 24.5 Å². The predicted octanol–water partition coefficient (Wildman–Crippen LogP) is 4.13. The van der Waals surface area contributed by atoms with E-state index in [1.54, 1.807) is 10.6 Å². The Morgan fingerprint density at radius 2 is 1.85 bits per heavy atom. The zero-order valence-corrected chi connectivity index (χ0v) is 19.1. The Kier molecular flexibility index (Phi) is 6.26. The lowest BCUT2D eigenvalue weighted by Crippen LogP contribution is -2.26. The molecule has 0 atom stereocenters. The summed E-state index contributed by atoms with van der Waals surface area (Å²) >= 11 is 1.32. The minimum Gasteiger partial charge on any atom is -0.355 e. The third-order valence-electron chi connectivity index (χ3n) is 5.89. The van der Waals surface area contributed by atoms with Crippen molar-refractivity contribution in [1.29, 1.82) is 0 Å². The second-order valence-electron chi connectivity index (χ2n) is 8.11. The molecule has 0 aliphatic heterocycles. The number of fused-ring (bicyclic) bond motifs is 3. The molecule has 168 valence electrons. The standard InChI is InChI=1S/C25H25N5O2S/c31-22(26-16-15-18-9-3-1-4-10-18)17-33-25-28-27-24-29(19-11-5-2-6-12-19)23(32)20-13-7-8-14-21(20)30(24)25/h2,5-9,11-14H,1,3-4,10,15-17H2,(H,26,31). The zero-order valence-electron chi connectivity index (χ0n) is 18.2. The molecule has 8 heteroatoms. The number of allylic oxidation sites excluding steroid dienone is 1. The van der Waals surface area contributed by atoms with Gasteiger partial charge in [0.2, 0.25) is 11.7 Å². The van der Waals surface area contributed by atoms with Gasteiger partial charge in [0, 0.05) is 6.54 Å². The lowest BCUT2D eigenvalue weighted by molar-refractivity contribution is -0.118. The third-order valence-corrected chi connectivity index (χ3v) is 6.82. The Morgan fingerprint density at radius 1 is 1.03 bits per heavy atom.